The Morgan fingerprint density at radius 3 is 1.98 bits per heavy atom. The molecule has 0 aliphatic heterocycles. The summed E-state index contributed by atoms with van der Waals surface area (Å²) in [6.45, 7) is 10.9. The van der Waals surface area contributed by atoms with Crippen molar-refractivity contribution in [3.05, 3.63) is 118 Å². The Hall–Kier alpha value is -1.63. The largest absolute Gasteiger partial charge is 0.508 e. The molecule has 10 heteroatoms. The first-order valence-electron chi connectivity index (χ1n) is 16.4. The van der Waals surface area contributed by atoms with E-state index in [2.05, 4.69) is 60.5 Å². The molecule has 0 radical (unpaired) electrons. The summed E-state index contributed by atoms with van der Waals surface area (Å²) in [5.41, 5.74) is 1.64. The number of benzene rings is 4. The van der Waals surface area contributed by atoms with Crippen LogP contribution in [0.5, 0.6) is 11.5 Å². The van der Waals surface area contributed by atoms with E-state index in [1.807, 2.05) is 84.9 Å². The second kappa shape index (κ2) is 19.8. The maximum Gasteiger partial charge on any atom is 0.120 e. The van der Waals surface area contributed by atoms with Gasteiger partial charge in [0.05, 0.1) is 16.5 Å². The van der Waals surface area contributed by atoms with Crippen molar-refractivity contribution >= 4 is 69.3 Å². The summed E-state index contributed by atoms with van der Waals surface area (Å²) in [5.74, 6) is 2.72. The predicted octanol–water partition coefficient (Wildman–Crippen LogP) is 11.5. The van der Waals surface area contributed by atoms with Gasteiger partial charge in [-0.3, -0.25) is 4.90 Å². The number of ether oxygens (including phenoxy) is 1. The molecular weight excluding hydrogens is 806 g/mol. The van der Waals surface area contributed by atoms with E-state index in [1.54, 1.807) is 35.7 Å². The van der Waals surface area contributed by atoms with Crippen LogP contribution in [0.25, 0.3) is 0 Å². The molecule has 4 atom stereocenters. The average molecular weight is 854 g/mol. The summed E-state index contributed by atoms with van der Waals surface area (Å²) in [4.78, 5) is 4.68. The summed E-state index contributed by atoms with van der Waals surface area (Å²) in [7, 11) is 0. The first kappa shape index (κ1) is 40.1. The molecule has 0 aromatic heterocycles. The van der Waals surface area contributed by atoms with E-state index in [0.29, 0.717) is 49.0 Å². The molecule has 3 N–H and O–H groups in total. The Morgan fingerprint density at radius 1 is 0.796 bits per heavy atom. The third-order valence-electron chi connectivity index (χ3n) is 8.67. The van der Waals surface area contributed by atoms with Crippen LogP contribution < -0.4 is 5.32 Å². The second-order valence-corrected chi connectivity index (χ2v) is 17.3. The van der Waals surface area contributed by atoms with Crippen molar-refractivity contribution in [3.8, 4) is 11.5 Å². The number of thioether (sulfide) groups is 2. The monoisotopic (exact) mass is 852 g/mol. The highest BCUT2D eigenvalue weighted by Crippen LogP contribution is 2.36. The van der Waals surface area contributed by atoms with E-state index in [1.165, 1.54) is 0 Å². The number of para-hydroxylation sites is 2. The van der Waals surface area contributed by atoms with Crippen molar-refractivity contribution in [2.75, 3.05) is 25.0 Å². The fraction of sp³-hybridized carbons (Fsp3) is 0.385. The minimum absolute atomic E-state index is 0.00489. The Kier molecular flexibility index (Phi) is 16.3. The summed E-state index contributed by atoms with van der Waals surface area (Å²) in [5, 5.41) is 26.4. The molecule has 4 rings (SSSR count). The van der Waals surface area contributed by atoms with Crippen molar-refractivity contribution < 1.29 is 14.9 Å². The molecular formula is C39H47Cl2IN2O3S2. The molecule has 0 saturated heterocycles. The lowest BCUT2D eigenvalue weighted by atomic mass is 9.87. The van der Waals surface area contributed by atoms with Gasteiger partial charge in [0, 0.05) is 61.4 Å². The quantitative estimate of drug-likeness (QED) is 0.0285. The van der Waals surface area contributed by atoms with Gasteiger partial charge in [-0.15, -0.1) is 23.5 Å². The minimum atomic E-state index is -0.173. The van der Waals surface area contributed by atoms with Gasteiger partial charge in [0.15, 0.2) is 0 Å². The molecule has 5 nitrogen and oxygen atoms in total. The number of hydrogen-bond donors (Lipinski definition) is 3. The molecule has 0 amide bonds. The lowest BCUT2D eigenvalue weighted by Gasteiger charge is -2.39. The van der Waals surface area contributed by atoms with Crippen LogP contribution in [0.3, 0.4) is 0 Å². The number of phenolic OH excluding ortho intramolecular Hbond substituents is 2. The minimum Gasteiger partial charge on any atom is -0.508 e. The van der Waals surface area contributed by atoms with Gasteiger partial charge in [0.1, 0.15) is 11.5 Å². The first-order valence-corrected chi connectivity index (χ1v) is 20.4. The van der Waals surface area contributed by atoms with E-state index in [4.69, 9.17) is 27.9 Å². The predicted molar refractivity (Wildman–Crippen MR) is 217 cm³/mol. The highest BCUT2D eigenvalue weighted by molar-refractivity contribution is 14.1. The van der Waals surface area contributed by atoms with Crippen LogP contribution >= 0.6 is 69.3 Å². The highest BCUT2D eigenvalue weighted by Gasteiger charge is 2.33. The number of nitrogens with one attached hydrogen (secondary N) is 1. The van der Waals surface area contributed by atoms with E-state index in [0.717, 1.165) is 43.3 Å². The Morgan fingerprint density at radius 2 is 1.37 bits per heavy atom. The second-order valence-electron chi connectivity index (χ2n) is 13.2. The Balaban J connectivity index is 1.35. The maximum atomic E-state index is 10.7. The van der Waals surface area contributed by atoms with E-state index in [-0.39, 0.29) is 15.5 Å². The normalized spacial score (nSPS) is 14.4. The SMILES string of the molecule is CC(COCC(C)(C)C(I)N(CSc1ccc(Cl)cc1)Cc1ccccc1O)C(C)CC(NCSc1ccc(Cl)cc1)c1ccccc1O. The summed E-state index contributed by atoms with van der Waals surface area (Å²) in [6, 6.07) is 30.9. The molecule has 0 heterocycles. The fourth-order valence-corrected chi connectivity index (χ4v) is 8.20. The van der Waals surface area contributed by atoms with Crippen LogP contribution in [0, 0.1) is 17.3 Å². The molecule has 0 spiro atoms. The molecule has 49 heavy (non-hydrogen) atoms. The molecule has 0 aliphatic carbocycles. The number of halogens is 3. The highest BCUT2D eigenvalue weighted by atomic mass is 127. The fourth-order valence-electron chi connectivity index (χ4n) is 5.44. The number of aromatic hydroxyl groups is 2. The van der Waals surface area contributed by atoms with E-state index < -0.39 is 0 Å². The Bertz CT molecular complexity index is 1580. The molecule has 4 aromatic rings. The number of rotatable bonds is 19. The average Bonchev–Trinajstić information content (AvgIpc) is 3.08. The van der Waals surface area contributed by atoms with Gasteiger partial charge in [-0.25, -0.2) is 0 Å². The zero-order chi connectivity index (χ0) is 35.4. The van der Waals surface area contributed by atoms with Crippen molar-refractivity contribution in [2.24, 2.45) is 17.3 Å². The smallest absolute Gasteiger partial charge is 0.120 e. The van der Waals surface area contributed by atoms with Gasteiger partial charge in [-0.1, -0.05) is 110 Å². The van der Waals surface area contributed by atoms with Crippen molar-refractivity contribution in [1.82, 2.24) is 10.2 Å². The van der Waals surface area contributed by atoms with Gasteiger partial charge in [0.2, 0.25) is 0 Å². The van der Waals surface area contributed by atoms with Gasteiger partial charge in [0.25, 0.3) is 0 Å². The summed E-state index contributed by atoms with van der Waals surface area (Å²) < 4.78 is 6.60. The van der Waals surface area contributed by atoms with Crippen LogP contribution in [-0.2, 0) is 11.3 Å². The van der Waals surface area contributed by atoms with Crippen LogP contribution in [0.15, 0.2) is 107 Å². The molecule has 0 aliphatic rings. The lowest BCUT2D eigenvalue weighted by Crippen LogP contribution is -2.43. The van der Waals surface area contributed by atoms with E-state index in [9.17, 15) is 10.2 Å². The molecule has 0 saturated carbocycles. The number of nitrogens with zero attached hydrogens (tertiary/aromatic N) is 1. The summed E-state index contributed by atoms with van der Waals surface area (Å²) >= 11 is 18.2. The van der Waals surface area contributed by atoms with Gasteiger partial charge < -0.3 is 20.3 Å². The van der Waals surface area contributed by atoms with Gasteiger partial charge >= 0.3 is 0 Å². The standard InChI is InChI=1S/C39H47Cl2IN2O3S2/c1-27(21-35(34-10-6-8-12-37(34)46)43-25-48-32-17-13-30(40)14-18-32)28(2)23-47-24-39(3,4)38(42)44(22-29-9-5-7-11-36(29)45)26-49-33-19-15-31(41)16-20-33/h5-20,27-28,35,38,43,45-46H,21-26H2,1-4H3. The molecule has 4 unspecified atom stereocenters. The van der Waals surface area contributed by atoms with Crippen LogP contribution in [0.1, 0.15) is 51.3 Å². The third kappa shape index (κ3) is 12.8. The lowest BCUT2D eigenvalue weighted by molar-refractivity contribution is 0.0127. The van der Waals surface area contributed by atoms with Crippen LogP contribution in [0.4, 0.5) is 0 Å². The van der Waals surface area contributed by atoms with Crippen LogP contribution in [-0.4, -0.2) is 44.1 Å². The Labute approximate surface area is 324 Å². The third-order valence-corrected chi connectivity index (χ3v) is 13.6. The number of hydrogen-bond acceptors (Lipinski definition) is 7. The number of alkyl halides is 1. The maximum absolute atomic E-state index is 10.7. The van der Waals surface area contributed by atoms with E-state index >= 15 is 0 Å². The summed E-state index contributed by atoms with van der Waals surface area (Å²) in [6.07, 6.45) is 0.859. The van der Waals surface area contributed by atoms with Gasteiger partial charge in [-0.2, -0.15) is 0 Å². The molecule has 4 aromatic carbocycles. The molecule has 264 valence electrons. The molecule has 0 bridgehead atoms. The first-order chi connectivity index (χ1) is 23.4. The zero-order valence-corrected chi connectivity index (χ0v) is 33.8. The zero-order valence-electron chi connectivity index (χ0n) is 28.5. The van der Waals surface area contributed by atoms with Gasteiger partial charge in [-0.05, 0) is 78.9 Å². The van der Waals surface area contributed by atoms with Crippen molar-refractivity contribution in [2.45, 2.75) is 60.5 Å². The van der Waals surface area contributed by atoms with Crippen molar-refractivity contribution in [3.63, 3.8) is 0 Å². The van der Waals surface area contributed by atoms with Crippen LogP contribution in [0.2, 0.25) is 10.0 Å². The van der Waals surface area contributed by atoms with Crippen molar-refractivity contribution in [1.29, 1.82) is 0 Å². The molecule has 0 fully saturated rings. The number of phenols is 2. The topological polar surface area (TPSA) is 65.0 Å².